The van der Waals surface area contributed by atoms with E-state index >= 15 is 0 Å². The highest BCUT2D eigenvalue weighted by Gasteiger charge is 2.31. The maximum atomic E-state index is 12.6. The van der Waals surface area contributed by atoms with E-state index in [1.54, 1.807) is 0 Å². The van der Waals surface area contributed by atoms with Crippen molar-refractivity contribution in [1.82, 2.24) is 19.9 Å². The van der Waals surface area contributed by atoms with Gasteiger partial charge in [0.1, 0.15) is 5.76 Å². The first-order valence-corrected chi connectivity index (χ1v) is 9.39. The fourth-order valence-electron chi connectivity index (χ4n) is 3.92. The van der Waals surface area contributed by atoms with E-state index in [9.17, 15) is 4.79 Å². The van der Waals surface area contributed by atoms with Crippen molar-refractivity contribution in [3.8, 4) is 0 Å². The number of carbonyl (C=O) groups is 1. The second-order valence-electron chi connectivity index (χ2n) is 7.61. The molecule has 3 heterocycles. The Bertz CT molecular complexity index is 575. The van der Waals surface area contributed by atoms with Gasteiger partial charge in [0.05, 0.1) is 0 Å². The summed E-state index contributed by atoms with van der Waals surface area (Å²) in [6, 6.07) is 2.53. The fourth-order valence-corrected chi connectivity index (χ4v) is 3.92. The predicted octanol–water partition coefficient (Wildman–Crippen LogP) is 1.79. The van der Waals surface area contributed by atoms with Crippen LogP contribution in [-0.4, -0.2) is 78.1 Å². The maximum Gasteiger partial charge on any atom is 0.276 e. The molecule has 1 aromatic rings. The van der Waals surface area contributed by atoms with Gasteiger partial charge in [0.15, 0.2) is 5.69 Å². The van der Waals surface area contributed by atoms with Crippen LogP contribution in [0.1, 0.15) is 54.3 Å². The molecule has 0 bridgehead atoms. The molecule has 6 nitrogen and oxygen atoms in total. The summed E-state index contributed by atoms with van der Waals surface area (Å²) in [6.07, 6.45) is 6.31. The van der Waals surface area contributed by atoms with E-state index in [-0.39, 0.29) is 5.91 Å². The summed E-state index contributed by atoms with van der Waals surface area (Å²) in [5, 5.41) is 3.99. The van der Waals surface area contributed by atoms with Crippen molar-refractivity contribution in [2.24, 2.45) is 0 Å². The number of piperidine rings is 1. The Balaban J connectivity index is 1.28. The molecular weight excluding hydrogens is 304 g/mol. The first-order valence-electron chi connectivity index (χ1n) is 9.39. The number of likely N-dealkylation sites (N-methyl/N-ethyl adjacent to an activating group) is 1. The number of aromatic nitrogens is 1. The molecular formula is C18H28N4O2. The van der Waals surface area contributed by atoms with Crippen molar-refractivity contribution in [1.29, 1.82) is 0 Å². The lowest BCUT2D eigenvalue weighted by atomic mass is 10.0. The molecule has 2 aliphatic heterocycles. The average Bonchev–Trinajstić information content (AvgIpc) is 3.34. The van der Waals surface area contributed by atoms with Crippen LogP contribution in [0.3, 0.4) is 0 Å². The quantitative estimate of drug-likeness (QED) is 0.841. The van der Waals surface area contributed by atoms with Gasteiger partial charge in [-0.05, 0) is 39.3 Å². The molecule has 1 saturated carbocycles. The van der Waals surface area contributed by atoms with E-state index in [2.05, 4.69) is 22.0 Å². The molecule has 1 amide bonds. The smallest absolute Gasteiger partial charge is 0.276 e. The molecule has 4 rings (SSSR count). The van der Waals surface area contributed by atoms with E-state index in [1.807, 2.05) is 11.0 Å². The van der Waals surface area contributed by atoms with Crippen LogP contribution >= 0.6 is 0 Å². The number of amides is 1. The summed E-state index contributed by atoms with van der Waals surface area (Å²) >= 11 is 0. The summed E-state index contributed by atoms with van der Waals surface area (Å²) in [5.41, 5.74) is 0.484. The third-order valence-corrected chi connectivity index (χ3v) is 5.78. The van der Waals surface area contributed by atoms with Crippen molar-refractivity contribution in [2.45, 2.75) is 44.1 Å². The second kappa shape index (κ2) is 6.84. The summed E-state index contributed by atoms with van der Waals surface area (Å²) in [6.45, 7) is 5.86. The second-order valence-corrected chi connectivity index (χ2v) is 7.61. The normalized spacial score (nSPS) is 26.7. The lowest BCUT2D eigenvalue weighted by Crippen LogP contribution is -2.53. The van der Waals surface area contributed by atoms with E-state index in [0.717, 1.165) is 51.3 Å². The number of rotatable bonds is 4. The van der Waals surface area contributed by atoms with Gasteiger partial charge in [-0.15, -0.1) is 0 Å². The summed E-state index contributed by atoms with van der Waals surface area (Å²) < 4.78 is 5.32. The standard InChI is InChI=1S/C18H28N4O2/c1-20-7-3-2-4-15(20)13-21-8-10-22(11-9-21)18(23)16-12-17(24-19-16)14-5-6-14/h12,14-15H,2-11,13H2,1H3/t15-/m0/s1. The largest absolute Gasteiger partial charge is 0.360 e. The highest BCUT2D eigenvalue weighted by Crippen LogP contribution is 2.40. The number of hydrogen-bond acceptors (Lipinski definition) is 5. The number of hydrogen-bond donors (Lipinski definition) is 0. The molecule has 6 heteroatoms. The van der Waals surface area contributed by atoms with Gasteiger partial charge in [-0.3, -0.25) is 9.69 Å². The van der Waals surface area contributed by atoms with Crippen molar-refractivity contribution in [2.75, 3.05) is 46.3 Å². The van der Waals surface area contributed by atoms with Gasteiger partial charge in [-0.2, -0.15) is 0 Å². The monoisotopic (exact) mass is 332 g/mol. The number of piperazine rings is 1. The zero-order valence-corrected chi connectivity index (χ0v) is 14.6. The Morgan fingerprint density at radius 3 is 2.67 bits per heavy atom. The lowest BCUT2D eigenvalue weighted by Gasteiger charge is -2.40. The molecule has 1 atom stereocenters. The fraction of sp³-hybridized carbons (Fsp3) is 0.778. The van der Waals surface area contributed by atoms with Crippen molar-refractivity contribution in [3.05, 3.63) is 17.5 Å². The molecule has 24 heavy (non-hydrogen) atoms. The number of likely N-dealkylation sites (tertiary alicyclic amines) is 1. The van der Waals surface area contributed by atoms with Crippen LogP contribution in [0, 0.1) is 0 Å². The van der Waals surface area contributed by atoms with Gasteiger partial charge in [-0.1, -0.05) is 11.6 Å². The van der Waals surface area contributed by atoms with Crippen LogP contribution in [0.5, 0.6) is 0 Å². The molecule has 132 valence electrons. The molecule has 0 aromatic carbocycles. The molecule has 1 aromatic heterocycles. The molecule has 3 fully saturated rings. The van der Waals surface area contributed by atoms with Gasteiger partial charge >= 0.3 is 0 Å². The minimum atomic E-state index is 0.0279. The Hall–Kier alpha value is -1.40. The average molecular weight is 332 g/mol. The van der Waals surface area contributed by atoms with E-state index in [0.29, 0.717) is 17.7 Å². The molecule has 0 spiro atoms. The summed E-state index contributed by atoms with van der Waals surface area (Å²) in [4.78, 5) is 19.5. The third-order valence-electron chi connectivity index (χ3n) is 5.78. The van der Waals surface area contributed by atoms with Crippen molar-refractivity contribution < 1.29 is 9.32 Å². The van der Waals surface area contributed by atoms with E-state index in [1.165, 1.54) is 25.8 Å². The van der Waals surface area contributed by atoms with Crippen LogP contribution in [0.2, 0.25) is 0 Å². The molecule has 0 unspecified atom stereocenters. The Morgan fingerprint density at radius 1 is 1.17 bits per heavy atom. The van der Waals surface area contributed by atoms with E-state index in [4.69, 9.17) is 4.52 Å². The van der Waals surface area contributed by atoms with E-state index < -0.39 is 0 Å². The molecule has 2 saturated heterocycles. The predicted molar refractivity (Wildman–Crippen MR) is 91.1 cm³/mol. The van der Waals surface area contributed by atoms with Crippen LogP contribution in [0.4, 0.5) is 0 Å². The van der Waals surface area contributed by atoms with Crippen LogP contribution in [0.15, 0.2) is 10.6 Å². The van der Waals surface area contributed by atoms with Crippen molar-refractivity contribution >= 4 is 5.91 Å². The zero-order valence-electron chi connectivity index (χ0n) is 14.6. The highest BCUT2D eigenvalue weighted by molar-refractivity contribution is 5.92. The first-order chi connectivity index (χ1) is 11.7. The zero-order chi connectivity index (χ0) is 16.5. The lowest BCUT2D eigenvalue weighted by molar-refractivity contribution is 0.0556. The maximum absolute atomic E-state index is 12.6. The Kier molecular flexibility index (Phi) is 4.59. The topological polar surface area (TPSA) is 52.8 Å². The van der Waals surface area contributed by atoms with Gasteiger partial charge in [0, 0.05) is 50.7 Å². The van der Waals surface area contributed by atoms with Crippen LogP contribution < -0.4 is 0 Å². The first kappa shape index (κ1) is 16.1. The number of nitrogens with zero attached hydrogens (tertiary/aromatic N) is 4. The van der Waals surface area contributed by atoms with Crippen LogP contribution in [-0.2, 0) is 0 Å². The minimum absolute atomic E-state index is 0.0279. The number of carbonyl (C=O) groups excluding carboxylic acids is 1. The minimum Gasteiger partial charge on any atom is -0.360 e. The highest BCUT2D eigenvalue weighted by atomic mass is 16.5. The van der Waals surface area contributed by atoms with Crippen molar-refractivity contribution in [3.63, 3.8) is 0 Å². The Labute approximate surface area is 143 Å². The van der Waals surface area contributed by atoms with Gasteiger partial charge in [-0.25, -0.2) is 0 Å². The molecule has 1 aliphatic carbocycles. The SMILES string of the molecule is CN1CCCC[C@H]1CN1CCN(C(=O)c2cc(C3CC3)on2)CC1. The third kappa shape index (κ3) is 3.49. The van der Waals surface area contributed by atoms with Gasteiger partial charge < -0.3 is 14.3 Å². The van der Waals surface area contributed by atoms with Crippen LogP contribution in [0.25, 0.3) is 0 Å². The molecule has 0 N–H and O–H groups in total. The Morgan fingerprint density at radius 2 is 1.96 bits per heavy atom. The molecule has 0 radical (unpaired) electrons. The molecule has 3 aliphatic rings. The summed E-state index contributed by atoms with van der Waals surface area (Å²) in [7, 11) is 2.24. The summed E-state index contributed by atoms with van der Waals surface area (Å²) in [5.74, 6) is 1.42. The van der Waals surface area contributed by atoms with Gasteiger partial charge in [0.2, 0.25) is 0 Å². The van der Waals surface area contributed by atoms with Gasteiger partial charge in [0.25, 0.3) is 5.91 Å².